The molecule has 0 heterocycles. The lowest BCUT2D eigenvalue weighted by Gasteiger charge is -2.23. The molecule has 172 valence electrons. The Labute approximate surface area is 172 Å². The molecule has 0 aromatic carbocycles. The molecule has 0 aromatic rings. The summed E-state index contributed by atoms with van der Waals surface area (Å²) < 4.78 is 0. The zero-order valence-corrected chi connectivity index (χ0v) is 16.2. The van der Waals surface area contributed by atoms with Gasteiger partial charge >= 0.3 is 11.9 Å². The van der Waals surface area contributed by atoms with E-state index in [1.54, 1.807) is 0 Å². The standard InChI is InChI=1S/C16H29N5O9/c17-4-2-1-3-9(16(29)30)19-15(28)11(7-23)21-14(27)10(5-12(24)25)20-13(26)8(18)6-22/h8-11,22-23H,1-7,17-18H2,(H,19,28)(H,20,26)(H,21,27)(H,24,25)(H,29,30). The topological polar surface area (TPSA) is 254 Å². The van der Waals surface area contributed by atoms with Gasteiger partial charge in [0.15, 0.2) is 0 Å². The van der Waals surface area contributed by atoms with E-state index in [1.165, 1.54) is 0 Å². The van der Waals surface area contributed by atoms with Gasteiger partial charge in [0.05, 0.1) is 19.6 Å². The summed E-state index contributed by atoms with van der Waals surface area (Å²) in [7, 11) is 0. The average molecular weight is 435 g/mol. The Morgan fingerprint density at radius 2 is 1.30 bits per heavy atom. The van der Waals surface area contributed by atoms with Crippen molar-refractivity contribution in [2.75, 3.05) is 19.8 Å². The fourth-order valence-corrected chi connectivity index (χ4v) is 2.23. The fraction of sp³-hybridized carbons (Fsp3) is 0.688. The second kappa shape index (κ2) is 14.2. The smallest absolute Gasteiger partial charge is 0.326 e. The van der Waals surface area contributed by atoms with Crippen LogP contribution in [0, 0.1) is 0 Å². The van der Waals surface area contributed by atoms with Crippen molar-refractivity contribution < 1.29 is 44.4 Å². The van der Waals surface area contributed by atoms with E-state index in [1.807, 2.05) is 5.32 Å². The molecule has 0 radical (unpaired) electrons. The predicted octanol–water partition coefficient (Wildman–Crippen LogP) is -4.56. The van der Waals surface area contributed by atoms with Crippen molar-refractivity contribution >= 4 is 29.7 Å². The molecule has 0 aliphatic heterocycles. The average Bonchev–Trinajstić information content (AvgIpc) is 2.69. The third-order valence-electron chi connectivity index (χ3n) is 3.92. The minimum atomic E-state index is -1.66. The number of nitrogens with two attached hydrogens (primary N) is 2. The van der Waals surface area contributed by atoms with E-state index in [2.05, 4.69) is 10.6 Å². The summed E-state index contributed by atoms with van der Waals surface area (Å²) in [6.45, 7) is -1.33. The molecular formula is C16H29N5O9. The number of carboxylic acid groups (broad SMARTS) is 2. The largest absolute Gasteiger partial charge is 0.481 e. The summed E-state index contributed by atoms with van der Waals surface area (Å²) in [4.78, 5) is 58.5. The van der Waals surface area contributed by atoms with Gasteiger partial charge in [-0.05, 0) is 25.8 Å². The first kappa shape index (κ1) is 27.2. The molecule has 30 heavy (non-hydrogen) atoms. The van der Waals surface area contributed by atoms with E-state index in [0.29, 0.717) is 19.4 Å². The van der Waals surface area contributed by atoms with Gasteiger partial charge in [-0.3, -0.25) is 19.2 Å². The molecule has 3 amide bonds. The monoisotopic (exact) mass is 435 g/mol. The zero-order chi connectivity index (χ0) is 23.3. The minimum absolute atomic E-state index is 0.0705. The molecule has 0 aromatic heterocycles. The Morgan fingerprint density at radius 1 is 0.767 bits per heavy atom. The van der Waals surface area contributed by atoms with Gasteiger partial charge in [-0.25, -0.2) is 4.79 Å². The van der Waals surface area contributed by atoms with Gasteiger partial charge in [0, 0.05) is 0 Å². The van der Waals surface area contributed by atoms with Crippen molar-refractivity contribution in [3.8, 4) is 0 Å². The van der Waals surface area contributed by atoms with Crippen LogP contribution >= 0.6 is 0 Å². The third-order valence-corrected chi connectivity index (χ3v) is 3.92. The van der Waals surface area contributed by atoms with E-state index in [4.69, 9.17) is 21.7 Å². The number of rotatable bonds is 15. The number of aliphatic carboxylic acids is 2. The number of hydrogen-bond donors (Lipinski definition) is 9. The number of aliphatic hydroxyl groups excluding tert-OH is 2. The predicted molar refractivity (Wildman–Crippen MR) is 101 cm³/mol. The number of aliphatic hydroxyl groups is 2. The molecule has 4 unspecified atom stereocenters. The SMILES string of the molecule is NCCCCC(NC(=O)C(CO)NC(=O)C(CC(=O)O)NC(=O)C(N)CO)C(=O)O. The van der Waals surface area contributed by atoms with Gasteiger partial charge in [-0.2, -0.15) is 0 Å². The van der Waals surface area contributed by atoms with Crippen molar-refractivity contribution in [3.05, 3.63) is 0 Å². The van der Waals surface area contributed by atoms with E-state index in [-0.39, 0.29) is 6.42 Å². The maximum Gasteiger partial charge on any atom is 0.326 e. The maximum atomic E-state index is 12.3. The molecule has 0 aliphatic rings. The Bertz CT molecular complexity index is 616. The molecule has 0 saturated carbocycles. The van der Waals surface area contributed by atoms with Gasteiger partial charge in [0.2, 0.25) is 17.7 Å². The molecule has 14 heteroatoms. The lowest BCUT2D eigenvalue weighted by Crippen LogP contribution is -2.58. The highest BCUT2D eigenvalue weighted by Crippen LogP contribution is 2.02. The van der Waals surface area contributed by atoms with Crippen molar-refractivity contribution in [2.24, 2.45) is 11.5 Å². The van der Waals surface area contributed by atoms with Gasteiger partial charge in [0.1, 0.15) is 24.2 Å². The van der Waals surface area contributed by atoms with Crippen LogP contribution in [0.4, 0.5) is 0 Å². The highest BCUT2D eigenvalue weighted by atomic mass is 16.4. The van der Waals surface area contributed by atoms with Crippen LogP contribution in [0.3, 0.4) is 0 Å². The van der Waals surface area contributed by atoms with Crippen molar-refractivity contribution in [3.63, 3.8) is 0 Å². The number of carbonyl (C=O) groups is 5. The third kappa shape index (κ3) is 10.1. The lowest BCUT2D eigenvalue weighted by atomic mass is 10.1. The summed E-state index contributed by atoms with van der Waals surface area (Å²) in [5.41, 5.74) is 10.6. The van der Waals surface area contributed by atoms with Crippen LogP contribution in [-0.2, 0) is 24.0 Å². The zero-order valence-electron chi connectivity index (χ0n) is 16.2. The van der Waals surface area contributed by atoms with Crippen LogP contribution in [0.1, 0.15) is 25.7 Å². The quantitative estimate of drug-likeness (QED) is 0.111. The molecule has 0 bridgehead atoms. The van der Waals surface area contributed by atoms with Crippen molar-refractivity contribution in [1.29, 1.82) is 0 Å². The fourth-order valence-electron chi connectivity index (χ4n) is 2.23. The van der Waals surface area contributed by atoms with Crippen molar-refractivity contribution in [2.45, 2.75) is 49.9 Å². The maximum absolute atomic E-state index is 12.3. The second-order valence-corrected chi connectivity index (χ2v) is 6.38. The number of unbranched alkanes of at least 4 members (excludes halogenated alkanes) is 1. The van der Waals surface area contributed by atoms with Gasteiger partial charge in [-0.1, -0.05) is 0 Å². The van der Waals surface area contributed by atoms with E-state index < -0.39 is 73.5 Å². The summed E-state index contributed by atoms with van der Waals surface area (Å²) in [5, 5.41) is 42.6. The molecule has 0 rings (SSSR count). The molecule has 0 spiro atoms. The number of carboxylic acids is 2. The number of hydrogen-bond acceptors (Lipinski definition) is 9. The number of carbonyl (C=O) groups excluding carboxylic acids is 3. The highest BCUT2D eigenvalue weighted by Gasteiger charge is 2.31. The van der Waals surface area contributed by atoms with Crippen LogP contribution in [0.15, 0.2) is 0 Å². The van der Waals surface area contributed by atoms with Crippen LogP contribution in [0.25, 0.3) is 0 Å². The molecule has 0 fully saturated rings. The Kier molecular flexibility index (Phi) is 12.9. The Balaban J connectivity index is 5.14. The van der Waals surface area contributed by atoms with Crippen LogP contribution < -0.4 is 27.4 Å². The summed E-state index contributed by atoms with van der Waals surface area (Å²) in [5.74, 6) is -5.92. The first-order valence-corrected chi connectivity index (χ1v) is 9.10. The molecule has 14 nitrogen and oxygen atoms in total. The van der Waals surface area contributed by atoms with E-state index in [9.17, 15) is 34.2 Å². The molecule has 11 N–H and O–H groups in total. The van der Waals surface area contributed by atoms with E-state index >= 15 is 0 Å². The second-order valence-electron chi connectivity index (χ2n) is 6.38. The normalized spacial score (nSPS) is 14.7. The van der Waals surface area contributed by atoms with Gasteiger partial charge < -0.3 is 47.8 Å². The van der Waals surface area contributed by atoms with Crippen LogP contribution in [0.2, 0.25) is 0 Å². The molecule has 4 atom stereocenters. The molecular weight excluding hydrogens is 406 g/mol. The summed E-state index contributed by atoms with van der Waals surface area (Å²) in [6, 6.07) is -5.95. The number of amides is 3. The summed E-state index contributed by atoms with van der Waals surface area (Å²) in [6.07, 6.45) is 0.154. The molecule has 0 aliphatic carbocycles. The Hall–Kier alpha value is -2.81. The Morgan fingerprint density at radius 3 is 1.77 bits per heavy atom. The van der Waals surface area contributed by atoms with E-state index in [0.717, 1.165) is 0 Å². The summed E-state index contributed by atoms with van der Waals surface area (Å²) >= 11 is 0. The van der Waals surface area contributed by atoms with Crippen LogP contribution in [-0.4, -0.2) is 94.0 Å². The first-order valence-electron chi connectivity index (χ1n) is 9.10. The van der Waals surface area contributed by atoms with Gasteiger partial charge in [-0.15, -0.1) is 0 Å². The van der Waals surface area contributed by atoms with Crippen LogP contribution in [0.5, 0.6) is 0 Å². The highest BCUT2D eigenvalue weighted by molar-refractivity contribution is 5.95. The van der Waals surface area contributed by atoms with Crippen molar-refractivity contribution in [1.82, 2.24) is 16.0 Å². The first-order chi connectivity index (χ1) is 14.1. The lowest BCUT2D eigenvalue weighted by molar-refractivity contribution is -0.143. The minimum Gasteiger partial charge on any atom is -0.481 e. The molecule has 0 saturated heterocycles. The number of nitrogens with one attached hydrogen (secondary N) is 3. The van der Waals surface area contributed by atoms with Gasteiger partial charge in [0.25, 0.3) is 0 Å².